The van der Waals surface area contributed by atoms with Crippen LogP contribution >= 0.6 is 0 Å². The Morgan fingerprint density at radius 1 is 1.19 bits per heavy atom. The van der Waals surface area contributed by atoms with E-state index in [0.717, 1.165) is 31.1 Å². The molecule has 1 saturated carbocycles. The molecule has 31 heavy (non-hydrogen) atoms. The second-order valence-electron chi connectivity index (χ2n) is 8.47. The molecule has 0 amide bonds. The van der Waals surface area contributed by atoms with Crippen LogP contribution in [0.25, 0.3) is 11.0 Å². The summed E-state index contributed by atoms with van der Waals surface area (Å²) >= 11 is 0. The molecule has 2 aliphatic rings. The molecule has 2 fully saturated rings. The van der Waals surface area contributed by atoms with Crippen LogP contribution in [0.2, 0.25) is 0 Å². The van der Waals surface area contributed by atoms with Crippen LogP contribution < -0.4 is 10.9 Å². The number of anilines is 1. The number of nitrogens with zero attached hydrogens (tertiary/aromatic N) is 4. The Hall–Kier alpha value is -2.04. The highest BCUT2D eigenvalue weighted by molar-refractivity contribution is 7.88. The monoisotopic (exact) mass is 449 g/mol. The summed E-state index contributed by atoms with van der Waals surface area (Å²) in [6.45, 7) is 3.72. The number of pyridine rings is 1. The Kier molecular flexibility index (Phi) is 6.59. The van der Waals surface area contributed by atoms with Crippen LogP contribution in [0.3, 0.4) is 0 Å². The molecule has 9 nitrogen and oxygen atoms in total. The third kappa shape index (κ3) is 4.91. The number of piperidine rings is 1. The lowest BCUT2D eigenvalue weighted by Gasteiger charge is -2.30. The highest BCUT2D eigenvalue weighted by Gasteiger charge is 2.26. The number of sulfonamides is 1. The van der Waals surface area contributed by atoms with E-state index in [2.05, 4.69) is 10.3 Å². The van der Waals surface area contributed by atoms with Gasteiger partial charge in [-0.15, -0.1) is 0 Å². The van der Waals surface area contributed by atoms with E-state index in [1.807, 2.05) is 17.6 Å². The van der Waals surface area contributed by atoms with Crippen molar-refractivity contribution in [2.75, 3.05) is 31.3 Å². The maximum absolute atomic E-state index is 13.2. The van der Waals surface area contributed by atoms with Crippen LogP contribution in [-0.4, -0.2) is 59.3 Å². The van der Waals surface area contributed by atoms with Crippen molar-refractivity contribution in [3.8, 4) is 0 Å². The molecule has 0 unspecified atom stereocenters. The van der Waals surface area contributed by atoms with Gasteiger partial charge in [0.1, 0.15) is 5.65 Å². The number of hydrogen-bond acceptors (Lipinski definition) is 7. The van der Waals surface area contributed by atoms with Gasteiger partial charge >= 0.3 is 0 Å². The van der Waals surface area contributed by atoms with Gasteiger partial charge in [0.25, 0.3) is 5.56 Å². The van der Waals surface area contributed by atoms with Gasteiger partial charge in [-0.05, 0) is 38.7 Å². The molecular formula is C21H31N5O4S. The first-order chi connectivity index (χ1) is 14.9. The van der Waals surface area contributed by atoms with Crippen molar-refractivity contribution in [3.05, 3.63) is 28.2 Å². The Balaban J connectivity index is 1.62. The van der Waals surface area contributed by atoms with Gasteiger partial charge in [0.2, 0.25) is 16.0 Å². The summed E-state index contributed by atoms with van der Waals surface area (Å²) in [5.41, 5.74) is 1.26. The predicted molar refractivity (Wildman–Crippen MR) is 120 cm³/mol. The fourth-order valence-corrected chi connectivity index (χ4v) is 5.45. The Labute approximate surface area is 182 Å². The molecule has 1 aliphatic carbocycles. The number of hydrogen-bond donors (Lipinski definition) is 1. The van der Waals surface area contributed by atoms with Crippen LogP contribution in [-0.2, 0) is 21.4 Å². The molecule has 0 spiro atoms. The van der Waals surface area contributed by atoms with Crippen LogP contribution in [0.4, 0.5) is 5.95 Å². The van der Waals surface area contributed by atoms with Gasteiger partial charge in [-0.2, -0.15) is 4.98 Å². The molecule has 0 atom stereocenters. The largest absolute Gasteiger partial charge is 0.377 e. The second kappa shape index (κ2) is 9.22. The highest BCUT2D eigenvalue weighted by atomic mass is 32.2. The van der Waals surface area contributed by atoms with Crippen LogP contribution in [0.15, 0.2) is 17.1 Å². The van der Waals surface area contributed by atoms with Gasteiger partial charge in [-0.1, -0.05) is 12.8 Å². The van der Waals surface area contributed by atoms with Crippen molar-refractivity contribution < 1.29 is 13.2 Å². The molecule has 3 heterocycles. The average molecular weight is 450 g/mol. The topological polar surface area (TPSA) is 106 Å². The summed E-state index contributed by atoms with van der Waals surface area (Å²) < 4.78 is 32.3. The third-order valence-electron chi connectivity index (χ3n) is 6.26. The number of aromatic nitrogens is 3. The maximum Gasteiger partial charge on any atom is 0.258 e. The van der Waals surface area contributed by atoms with E-state index in [4.69, 9.17) is 9.72 Å². The van der Waals surface area contributed by atoms with Crippen LogP contribution in [0.5, 0.6) is 0 Å². The van der Waals surface area contributed by atoms with Crippen molar-refractivity contribution in [1.82, 2.24) is 18.8 Å². The van der Waals surface area contributed by atoms with E-state index in [-0.39, 0.29) is 24.2 Å². The molecule has 0 aromatic carbocycles. The Bertz CT molecular complexity index is 1090. The molecule has 4 rings (SSSR count). The van der Waals surface area contributed by atoms with Gasteiger partial charge in [0.15, 0.2) is 0 Å². The predicted octanol–water partition coefficient (Wildman–Crippen LogP) is 2.28. The van der Waals surface area contributed by atoms with Crippen molar-refractivity contribution in [2.24, 2.45) is 0 Å². The summed E-state index contributed by atoms with van der Waals surface area (Å²) in [6.07, 6.45) is 8.57. The minimum atomic E-state index is -3.16. The SMILES string of the molecule is CCOCc1cc2cnc(NC3CCN(S(C)(=O)=O)CC3)nc2n(C2CCCC2)c1=O. The summed E-state index contributed by atoms with van der Waals surface area (Å²) in [7, 11) is -3.16. The second-order valence-corrected chi connectivity index (χ2v) is 10.5. The zero-order valence-corrected chi connectivity index (χ0v) is 19.0. The molecule has 10 heteroatoms. The lowest BCUT2D eigenvalue weighted by atomic mass is 10.1. The minimum absolute atomic E-state index is 0.0287. The number of ether oxygens (including phenoxy) is 1. The van der Waals surface area contributed by atoms with Crippen molar-refractivity contribution >= 4 is 27.0 Å². The first-order valence-electron chi connectivity index (χ1n) is 11.1. The summed E-state index contributed by atoms with van der Waals surface area (Å²) in [5, 5.41) is 4.18. The Morgan fingerprint density at radius 3 is 2.55 bits per heavy atom. The van der Waals surface area contributed by atoms with Crippen LogP contribution in [0, 0.1) is 0 Å². The standard InChI is InChI=1S/C21H31N5O4S/c1-3-30-14-16-12-15-13-22-21(23-17-8-10-25(11-9-17)31(2,28)29)24-19(15)26(20(16)27)18-6-4-5-7-18/h12-13,17-18H,3-11,14H2,1-2H3,(H,22,23,24). The van der Waals surface area contributed by atoms with Gasteiger partial charge in [0.05, 0.1) is 12.9 Å². The highest BCUT2D eigenvalue weighted by Crippen LogP contribution is 2.31. The number of fused-ring (bicyclic) bond motifs is 1. The lowest BCUT2D eigenvalue weighted by Crippen LogP contribution is -2.42. The number of rotatable bonds is 7. The average Bonchev–Trinajstić information content (AvgIpc) is 3.26. The molecule has 0 radical (unpaired) electrons. The van der Waals surface area contributed by atoms with Crippen LogP contribution in [0.1, 0.15) is 57.1 Å². The molecule has 2 aromatic rings. The first-order valence-corrected chi connectivity index (χ1v) is 12.9. The fourth-order valence-electron chi connectivity index (χ4n) is 4.58. The lowest BCUT2D eigenvalue weighted by molar-refractivity contribution is 0.133. The van der Waals surface area contributed by atoms with Crippen molar-refractivity contribution in [2.45, 2.75) is 64.1 Å². The minimum Gasteiger partial charge on any atom is -0.377 e. The molecule has 1 saturated heterocycles. The quantitative estimate of drug-likeness (QED) is 0.691. The van der Waals surface area contributed by atoms with E-state index in [1.54, 1.807) is 6.20 Å². The molecule has 0 bridgehead atoms. The molecule has 170 valence electrons. The number of nitrogens with one attached hydrogen (secondary N) is 1. The molecule has 1 N–H and O–H groups in total. The van der Waals surface area contributed by atoms with E-state index < -0.39 is 10.0 Å². The van der Waals surface area contributed by atoms with Crippen molar-refractivity contribution in [3.63, 3.8) is 0 Å². The van der Waals surface area contributed by atoms with Gasteiger partial charge in [-0.3, -0.25) is 9.36 Å². The third-order valence-corrected chi connectivity index (χ3v) is 7.56. The van der Waals surface area contributed by atoms with Gasteiger partial charge in [0, 0.05) is 48.9 Å². The summed E-state index contributed by atoms with van der Waals surface area (Å²) in [5.74, 6) is 0.481. The van der Waals surface area contributed by atoms with Crippen molar-refractivity contribution in [1.29, 1.82) is 0 Å². The van der Waals surface area contributed by atoms with E-state index in [0.29, 0.717) is 49.7 Å². The smallest absolute Gasteiger partial charge is 0.258 e. The zero-order chi connectivity index (χ0) is 22.0. The van der Waals surface area contributed by atoms with E-state index in [1.165, 1.54) is 10.6 Å². The Morgan fingerprint density at radius 2 is 1.90 bits per heavy atom. The van der Waals surface area contributed by atoms with E-state index >= 15 is 0 Å². The van der Waals surface area contributed by atoms with E-state index in [9.17, 15) is 13.2 Å². The molecular weight excluding hydrogens is 418 g/mol. The van der Waals surface area contributed by atoms with Gasteiger partial charge in [-0.25, -0.2) is 17.7 Å². The van der Waals surface area contributed by atoms with Gasteiger partial charge < -0.3 is 10.1 Å². The molecule has 2 aromatic heterocycles. The first kappa shape index (κ1) is 22.2. The molecule has 1 aliphatic heterocycles. The summed E-state index contributed by atoms with van der Waals surface area (Å²) in [4.78, 5) is 22.5. The summed E-state index contributed by atoms with van der Waals surface area (Å²) in [6, 6.07) is 2.09. The zero-order valence-electron chi connectivity index (χ0n) is 18.2. The maximum atomic E-state index is 13.2. The normalized spacial score (nSPS) is 19.3. The fraction of sp³-hybridized carbons (Fsp3) is 0.667.